The summed E-state index contributed by atoms with van der Waals surface area (Å²) in [6.45, 7) is 0.181. The second-order valence-electron chi connectivity index (χ2n) is 5.40. The first-order valence-electron chi connectivity index (χ1n) is 7.32. The van der Waals surface area contributed by atoms with E-state index >= 15 is 0 Å². The molecule has 0 atom stereocenters. The van der Waals surface area contributed by atoms with Gasteiger partial charge < -0.3 is 5.11 Å². The Labute approximate surface area is 123 Å². The first-order valence-corrected chi connectivity index (χ1v) is 7.32. The Morgan fingerprint density at radius 2 is 1.05 bits per heavy atom. The van der Waals surface area contributed by atoms with Gasteiger partial charge in [0, 0.05) is 6.61 Å². The normalized spacial score (nSPS) is 11.5. The third-order valence-electron chi connectivity index (χ3n) is 4.24. The highest BCUT2D eigenvalue weighted by molar-refractivity contribution is 6.26. The third kappa shape index (κ3) is 1.82. The summed E-state index contributed by atoms with van der Waals surface area (Å²) in [5.74, 6) is 0. The van der Waals surface area contributed by atoms with Crippen LogP contribution in [-0.4, -0.2) is 11.7 Å². The van der Waals surface area contributed by atoms with Crippen LogP contribution in [0.2, 0.25) is 0 Å². The van der Waals surface area contributed by atoms with Gasteiger partial charge in [0.25, 0.3) is 0 Å². The quantitative estimate of drug-likeness (QED) is 0.525. The van der Waals surface area contributed by atoms with Gasteiger partial charge in [0.15, 0.2) is 0 Å². The molecule has 4 aromatic carbocycles. The van der Waals surface area contributed by atoms with Gasteiger partial charge in [-0.2, -0.15) is 0 Å². The van der Waals surface area contributed by atoms with Crippen LogP contribution in [0, 0.1) is 0 Å². The maximum Gasteiger partial charge on any atom is 0.0471 e. The van der Waals surface area contributed by atoms with Crippen LogP contribution < -0.4 is 0 Å². The summed E-state index contributed by atoms with van der Waals surface area (Å²) in [6, 6.07) is 23.5. The number of benzene rings is 4. The summed E-state index contributed by atoms with van der Waals surface area (Å²) in [5, 5.41) is 17.0. The number of aliphatic hydroxyl groups excluding tert-OH is 1. The molecular formula is C20H16O. The van der Waals surface area contributed by atoms with Crippen LogP contribution in [-0.2, 0) is 6.42 Å². The van der Waals surface area contributed by atoms with Crippen LogP contribution in [0.5, 0.6) is 0 Å². The lowest BCUT2D eigenvalue weighted by atomic mass is 9.91. The molecule has 0 aliphatic rings. The Bertz CT molecular complexity index is 909. The van der Waals surface area contributed by atoms with E-state index in [1.807, 2.05) is 0 Å². The molecule has 1 heteroatoms. The van der Waals surface area contributed by atoms with Crippen molar-refractivity contribution in [2.45, 2.75) is 6.42 Å². The van der Waals surface area contributed by atoms with E-state index < -0.39 is 0 Å². The summed E-state index contributed by atoms with van der Waals surface area (Å²) in [7, 11) is 0. The molecule has 0 amide bonds. The third-order valence-corrected chi connectivity index (χ3v) is 4.24. The van der Waals surface area contributed by atoms with Crippen molar-refractivity contribution in [2.24, 2.45) is 0 Å². The Hall–Kier alpha value is -2.38. The molecule has 0 saturated heterocycles. The molecule has 21 heavy (non-hydrogen) atoms. The van der Waals surface area contributed by atoms with Crippen LogP contribution >= 0.6 is 0 Å². The van der Waals surface area contributed by atoms with Gasteiger partial charge in [0.1, 0.15) is 0 Å². The second kappa shape index (κ2) is 4.87. The van der Waals surface area contributed by atoms with Gasteiger partial charge in [0.05, 0.1) is 0 Å². The predicted octanol–water partition coefficient (Wildman–Crippen LogP) is 4.68. The van der Waals surface area contributed by atoms with E-state index in [2.05, 4.69) is 66.7 Å². The molecule has 0 heterocycles. The smallest absolute Gasteiger partial charge is 0.0471 e. The molecule has 0 unspecified atom stereocenters. The minimum absolute atomic E-state index is 0.181. The molecule has 0 radical (unpaired) electrons. The SMILES string of the molecule is OCCc1cccc2c3ccccc3c3ccccc3c12. The molecular weight excluding hydrogens is 256 g/mol. The van der Waals surface area contributed by atoms with Crippen LogP contribution in [0.4, 0.5) is 0 Å². The van der Waals surface area contributed by atoms with Crippen LogP contribution in [0.1, 0.15) is 5.56 Å². The lowest BCUT2D eigenvalue weighted by molar-refractivity contribution is 0.300. The molecule has 4 rings (SSSR count). The molecule has 1 nitrogen and oxygen atoms in total. The van der Waals surface area contributed by atoms with Gasteiger partial charge >= 0.3 is 0 Å². The van der Waals surface area contributed by atoms with Crippen molar-refractivity contribution in [3.63, 3.8) is 0 Å². The maximum absolute atomic E-state index is 9.36. The maximum atomic E-state index is 9.36. The van der Waals surface area contributed by atoms with Crippen molar-refractivity contribution < 1.29 is 5.11 Å². The zero-order valence-corrected chi connectivity index (χ0v) is 11.7. The number of aliphatic hydroxyl groups is 1. The van der Waals surface area contributed by atoms with E-state index in [0.29, 0.717) is 6.42 Å². The van der Waals surface area contributed by atoms with E-state index in [1.54, 1.807) is 0 Å². The monoisotopic (exact) mass is 272 g/mol. The fraction of sp³-hybridized carbons (Fsp3) is 0.100. The molecule has 102 valence electrons. The largest absolute Gasteiger partial charge is 0.396 e. The molecule has 1 N–H and O–H groups in total. The molecule has 0 bridgehead atoms. The van der Waals surface area contributed by atoms with E-state index in [0.717, 1.165) is 0 Å². The first-order chi connectivity index (χ1) is 10.4. The van der Waals surface area contributed by atoms with Gasteiger partial charge in [-0.15, -0.1) is 0 Å². The highest BCUT2D eigenvalue weighted by Gasteiger charge is 2.10. The zero-order chi connectivity index (χ0) is 14.2. The van der Waals surface area contributed by atoms with Crippen molar-refractivity contribution >= 4 is 32.3 Å². The van der Waals surface area contributed by atoms with Gasteiger partial charge in [-0.25, -0.2) is 0 Å². The lowest BCUT2D eigenvalue weighted by Crippen LogP contribution is -1.93. The van der Waals surface area contributed by atoms with E-state index in [1.165, 1.54) is 37.9 Å². The van der Waals surface area contributed by atoms with Crippen molar-refractivity contribution in [3.8, 4) is 0 Å². The molecule has 0 fully saturated rings. The first kappa shape index (κ1) is 12.4. The van der Waals surface area contributed by atoms with Gasteiger partial charge in [-0.3, -0.25) is 0 Å². The van der Waals surface area contributed by atoms with Crippen molar-refractivity contribution in [2.75, 3.05) is 6.61 Å². The molecule has 0 aromatic heterocycles. The van der Waals surface area contributed by atoms with Crippen molar-refractivity contribution in [1.82, 2.24) is 0 Å². The average molecular weight is 272 g/mol. The summed E-state index contributed by atoms with van der Waals surface area (Å²) in [4.78, 5) is 0. The molecule has 0 aliphatic heterocycles. The van der Waals surface area contributed by atoms with Gasteiger partial charge in [-0.05, 0) is 44.3 Å². The molecule has 0 spiro atoms. The van der Waals surface area contributed by atoms with E-state index in [9.17, 15) is 5.11 Å². The minimum Gasteiger partial charge on any atom is -0.396 e. The summed E-state index contributed by atoms with van der Waals surface area (Å²) >= 11 is 0. The van der Waals surface area contributed by atoms with Crippen molar-refractivity contribution in [1.29, 1.82) is 0 Å². The van der Waals surface area contributed by atoms with E-state index in [-0.39, 0.29) is 6.61 Å². The number of hydrogen-bond donors (Lipinski definition) is 1. The zero-order valence-electron chi connectivity index (χ0n) is 11.7. The summed E-state index contributed by atoms with van der Waals surface area (Å²) in [5.41, 5.74) is 1.22. The average Bonchev–Trinajstić information content (AvgIpc) is 2.55. The van der Waals surface area contributed by atoms with E-state index in [4.69, 9.17) is 0 Å². The van der Waals surface area contributed by atoms with Gasteiger partial charge in [-0.1, -0.05) is 66.7 Å². The highest BCUT2D eigenvalue weighted by Crippen LogP contribution is 2.36. The second-order valence-corrected chi connectivity index (χ2v) is 5.40. The standard InChI is InChI=1S/C20H16O/c21-13-12-14-6-5-11-19-17-8-2-1-7-15(17)16-9-3-4-10-18(16)20(14)19/h1-11,21H,12-13H2. The van der Waals surface area contributed by atoms with Crippen LogP contribution in [0.25, 0.3) is 32.3 Å². The fourth-order valence-corrected chi connectivity index (χ4v) is 3.36. The summed E-state index contributed by atoms with van der Waals surface area (Å²) < 4.78 is 0. The topological polar surface area (TPSA) is 20.2 Å². The number of fused-ring (bicyclic) bond motifs is 6. The minimum atomic E-state index is 0.181. The Kier molecular flexibility index (Phi) is 2.87. The van der Waals surface area contributed by atoms with Crippen molar-refractivity contribution in [3.05, 3.63) is 72.3 Å². The number of hydrogen-bond acceptors (Lipinski definition) is 1. The fourth-order valence-electron chi connectivity index (χ4n) is 3.36. The Morgan fingerprint density at radius 1 is 0.571 bits per heavy atom. The lowest BCUT2D eigenvalue weighted by Gasteiger charge is -2.13. The van der Waals surface area contributed by atoms with Crippen LogP contribution in [0.15, 0.2) is 66.7 Å². The molecule has 0 aliphatic carbocycles. The Balaban J connectivity index is 2.33. The summed E-state index contributed by atoms with van der Waals surface area (Å²) in [6.07, 6.45) is 0.694. The Morgan fingerprint density at radius 3 is 1.62 bits per heavy atom. The highest BCUT2D eigenvalue weighted by atomic mass is 16.2. The molecule has 4 aromatic rings. The van der Waals surface area contributed by atoms with Gasteiger partial charge in [0.2, 0.25) is 0 Å². The molecule has 0 saturated carbocycles. The number of rotatable bonds is 2. The van der Waals surface area contributed by atoms with Crippen LogP contribution in [0.3, 0.4) is 0 Å². The predicted molar refractivity (Wildman–Crippen MR) is 89.7 cm³/mol.